The normalized spacial score (nSPS) is 10.7. The minimum atomic E-state index is -0.0686. The Kier molecular flexibility index (Phi) is 3.28. The van der Waals surface area contributed by atoms with Crippen molar-refractivity contribution >= 4 is 0 Å². The average molecular weight is 243 g/mol. The highest BCUT2D eigenvalue weighted by molar-refractivity contribution is 5.51. The molecule has 2 heterocycles. The van der Waals surface area contributed by atoms with Crippen LogP contribution in [0, 0.1) is 20.8 Å². The number of nitrogens with zero attached hydrogens (tertiary/aromatic N) is 2. The first kappa shape index (κ1) is 12.5. The van der Waals surface area contributed by atoms with Crippen molar-refractivity contribution in [3.63, 3.8) is 0 Å². The van der Waals surface area contributed by atoms with E-state index in [-0.39, 0.29) is 5.56 Å². The molecule has 0 bridgehead atoms. The number of hydrogen-bond donors (Lipinski definition) is 1. The van der Waals surface area contributed by atoms with E-state index in [9.17, 15) is 4.79 Å². The quantitative estimate of drug-likeness (QED) is 0.880. The van der Waals surface area contributed by atoms with Crippen LogP contribution in [-0.2, 0) is 6.42 Å². The first-order valence-corrected chi connectivity index (χ1v) is 6.06. The summed E-state index contributed by atoms with van der Waals surface area (Å²) in [6.45, 7) is 7.75. The zero-order valence-electron chi connectivity index (χ0n) is 11.2. The highest BCUT2D eigenvalue weighted by Gasteiger charge is 2.09. The summed E-state index contributed by atoms with van der Waals surface area (Å²) in [5.74, 6) is 0.543. The molecule has 0 aliphatic carbocycles. The monoisotopic (exact) mass is 243 g/mol. The lowest BCUT2D eigenvalue weighted by molar-refractivity contribution is 0.959. The van der Waals surface area contributed by atoms with E-state index in [1.54, 1.807) is 0 Å². The molecule has 2 rings (SSSR count). The van der Waals surface area contributed by atoms with Crippen molar-refractivity contribution in [3.8, 4) is 11.5 Å². The topological polar surface area (TPSA) is 58.6 Å². The summed E-state index contributed by atoms with van der Waals surface area (Å²) in [4.78, 5) is 23.6. The van der Waals surface area contributed by atoms with E-state index in [2.05, 4.69) is 15.0 Å². The van der Waals surface area contributed by atoms with E-state index < -0.39 is 0 Å². The predicted molar refractivity (Wildman–Crippen MR) is 71.7 cm³/mol. The largest absolute Gasteiger partial charge is 0.305 e. The number of pyridine rings is 1. The molecule has 0 unspecified atom stereocenters. The molecule has 0 aliphatic rings. The average Bonchev–Trinajstić information content (AvgIpc) is 2.27. The van der Waals surface area contributed by atoms with E-state index in [1.807, 2.05) is 39.8 Å². The maximum atomic E-state index is 11.9. The fourth-order valence-electron chi connectivity index (χ4n) is 2.11. The van der Waals surface area contributed by atoms with Gasteiger partial charge in [-0.05, 0) is 44.9 Å². The van der Waals surface area contributed by atoms with Gasteiger partial charge in [0.15, 0.2) is 5.82 Å². The van der Waals surface area contributed by atoms with Crippen LogP contribution in [-0.4, -0.2) is 15.0 Å². The maximum Gasteiger partial charge on any atom is 0.254 e. The van der Waals surface area contributed by atoms with Gasteiger partial charge in [0.05, 0.1) is 0 Å². The summed E-state index contributed by atoms with van der Waals surface area (Å²) >= 11 is 0. The Morgan fingerprint density at radius 1 is 1.17 bits per heavy atom. The van der Waals surface area contributed by atoms with Crippen LogP contribution in [0.3, 0.4) is 0 Å². The van der Waals surface area contributed by atoms with Crippen LogP contribution in [0.5, 0.6) is 0 Å². The molecule has 0 saturated heterocycles. The van der Waals surface area contributed by atoms with E-state index in [0.29, 0.717) is 12.2 Å². The Morgan fingerprint density at radius 2 is 1.89 bits per heavy atom. The van der Waals surface area contributed by atoms with Gasteiger partial charge in [0, 0.05) is 17.0 Å². The Balaban J connectivity index is 2.61. The molecule has 0 amide bonds. The maximum absolute atomic E-state index is 11.9. The van der Waals surface area contributed by atoms with Crippen molar-refractivity contribution in [1.29, 1.82) is 0 Å². The zero-order valence-corrected chi connectivity index (χ0v) is 11.2. The predicted octanol–water partition coefficient (Wildman–Crippen LogP) is 2.32. The molecule has 1 N–H and O–H groups in total. The van der Waals surface area contributed by atoms with Crippen molar-refractivity contribution in [3.05, 3.63) is 45.0 Å². The van der Waals surface area contributed by atoms with Crippen LogP contribution in [0.25, 0.3) is 11.5 Å². The summed E-state index contributed by atoms with van der Waals surface area (Å²) in [7, 11) is 0. The van der Waals surface area contributed by atoms with Gasteiger partial charge < -0.3 is 4.98 Å². The summed E-state index contributed by atoms with van der Waals surface area (Å²) in [5, 5.41) is 0. The first-order valence-electron chi connectivity index (χ1n) is 6.06. The number of aromatic amines is 1. The van der Waals surface area contributed by atoms with Crippen LogP contribution in [0.4, 0.5) is 0 Å². The second kappa shape index (κ2) is 4.72. The lowest BCUT2D eigenvalue weighted by Gasteiger charge is -2.06. The van der Waals surface area contributed by atoms with Crippen LogP contribution in [0.1, 0.15) is 29.4 Å². The second-order valence-corrected chi connectivity index (χ2v) is 4.50. The smallest absolute Gasteiger partial charge is 0.254 e. The Bertz CT molecular complexity index is 624. The Hall–Kier alpha value is -1.97. The lowest BCUT2D eigenvalue weighted by Crippen LogP contribution is -2.17. The number of nitrogens with one attached hydrogen (secondary N) is 1. The van der Waals surface area contributed by atoms with Gasteiger partial charge in [-0.1, -0.05) is 6.92 Å². The van der Waals surface area contributed by atoms with Gasteiger partial charge in [-0.15, -0.1) is 0 Å². The summed E-state index contributed by atoms with van der Waals surface area (Å²) in [6, 6.07) is 3.92. The minimum absolute atomic E-state index is 0.0686. The van der Waals surface area contributed by atoms with Gasteiger partial charge in [-0.3, -0.25) is 4.79 Å². The zero-order chi connectivity index (χ0) is 13.3. The van der Waals surface area contributed by atoms with Gasteiger partial charge in [-0.2, -0.15) is 0 Å². The third kappa shape index (κ3) is 2.32. The minimum Gasteiger partial charge on any atom is -0.305 e. The Morgan fingerprint density at radius 3 is 2.44 bits per heavy atom. The van der Waals surface area contributed by atoms with Crippen molar-refractivity contribution in [2.75, 3.05) is 0 Å². The van der Waals surface area contributed by atoms with Crippen LogP contribution in [0.15, 0.2) is 16.9 Å². The van der Waals surface area contributed by atoms with E-state index in [1.165, 1.54) is 0 Å². The van der Waals surface area contributed by atoms with Gasteiger partial charge in [0.1, 0.15) is 5.69 Å². The highest BCUT2D eigenvalue weighted by atomic mass is 16.1. The third-order valence-corrected chi connectivity index (χ3v) is 2.92. The molecule has 2 aromatic rings. The number of aryl methyl sites for hydroxylation is 3. The van der Waals surface area contributed by atoms with E-state index >= 15 is 0 Å². The molecule has 4 heteroatoms. The number of aromatic nitrogens is 3. The van der Waals surface area contributed by atoms with Gasteiger partial charge in [0.2, 0.25) is 0 Å². The van der Waals surface area contributed by atoms with Crippen LogP contribution >= 0.6 is 0 Å². The molecule has 18 heavy (non-hydrogen) atoms. The molecule has 0 aromatic carbocycles. The number of rotatable bonds is 2. The molecule has 0 radical (unpaired) electrons. The first-order chi connectivity index (χ1) is 8.51. The van der Waals surface area contributed by atoms with Crippen molar-refractivity contribution in [2.45, 2.75) is 34.1 Å². The molecule has 4 nitrogen and oxygen atoms in total. The van der Waals surface area contributed by atoms with E-state index in [4.69, 9.17) is 0 Å². The fourth-order valence-corrected chi connectivity index (χ4v) is 2.11. The highest BCUT2D eigenvalue weighted by Crippen LogP contribution is 2.15. The second-order valence-electron chi connectivity index (χ2n) is 4.50. The third-order valence-electron chi connectivity index (χ3n) is 2.92. The SMILES string of the molecule is CCc1c(C)nc(-c2cc(C)cc(C)n2)[nH]c1=O. The molecular formula is C14H17N3O. The molecule has 0 fully saturated rings. The molecule has 94 valence electrons. The molecular weight excluding hydrogens is 226 g/mol. The van der Waals surface area contributed by atoms with Crippen molar-refractivity contribution < 1.29 is 0 Å². The fraction of sp³-hybridized carbons (Fsp3) is 0.357. The molecule has 0 spiro atoms. The Labute approximate surface area is 106 Å². The van der Waals surface area contributed by atoms with Crippen molar-refractivity contribution in [2.24, 2.45) is 0 Å². The molecule has 0 atom stereocenters. The molecule has 0 saturated carbocycles. The van der Waals surface area contributed by atoms with E-state index in [0.717, 1.165) is 28.2 Å². The van der Waals surface area contributed by atoms with Gasteiger partial charge in [0.25, 0.3) is 5.56 Å². The summed E-state index contributed by atoms with van der Waals surface area (Å²) in [6.07, 6.45) is 0.689. The lowest BCUT2D eigenvalue weighted by atomic mass is 10.1. The van der Waals surface area contributed by atoms with Crippen molar-refractivity contribution in [1.82, 2.24) is 15.0 Å². The number of hydrogen-bond acceptors (Lipinski definition) is 3. The summed E-state index contributed by atoms with van der Waals surface area (Å²) < 4.78 is 0. The molecule has 0 aliphatic heterocycles. The standard InChI is InChI=1S/C14H17N3O/c1-5-11-10(4)16-13(17-14(11)18)12-7-8(2)6-9(3)15-12/h6-7H,5H2,1-4H3,(H,16,17,18). The van der Waals surface area contributed by atoms with Crippen LogP contribution in [0.2, 0.25) is 0 Å². The number of H-pyrrole nitrogens is 1. The van der Waals surface area contributed by atoms with Crippen LogP contribution < -0.4 is 5.56 Å². The van der Waals surface area contributed by atoms with Gasteiger partial charge >= 0.3 is 0 Å². The summed E-state index contributed by atoms with van der Waals surface area (Å²) in [5.41, 5.74) is 4.19. The molecule has 2 aromatic heterocycles. The van der Waals surface area contributed by atoms with Gasteiger partial charge in [-0.25, -0.2) is 9.97 Å².